The van der Waals surface area contributed by atoms with Crippen molar-refractivity contribution in [2.24, 2.45) is 11.8 Å². The average Bonchev–Trinajstić information content (AvgIpc) is 3.35. The van der Waals surface area contributed by atoms with Crippen molar-refractivity contribution in [1.29, 1.82) is 0 Å². The van der Waals surface area contributed by atoms with E-state index in [0.717, 1.165) is 25.7 Å². The first-order valence-electron chi connectivity index (χ1n) is 10.3. The minimum Gasteiger partial charge on any atom is -0.325 e. The third-order valence-electron chi connectivity index (χ3n) is 6.14. The molecular formula is C20H28FN5O4. The van der Waals surface area contributed by atoms with Crippen LogP contribution in [0.3, 0.4) is 0 Å². The average molecular weight is 421 g/mol. The van der Waals surface area contributed by atoms with Gasteiger partial charge in [0, 0.05) is 12.6 Å². The highest BCUT2D eigenvalue weighted by molar-refractivity contribution is 6.00. The standard InChI is InChI=1S/C20H28FN5O4/c1-20(19(29)23-17-7-4-8-22-24-17)10-16(21)12-26(20)18(28)15(11-25(30)13-27)9-14-5-2-3-6-14/h4,7-8,13-16,30H,2-3,5-6,9-12H2,1H3,(H,23,24,29)/t15-,16-,20+/m1/s1. The molecule has 10 heteroatoms. The highest BCUT2D eigenvalue weighted by Crippen LogP contribution is 2.36. The van der Waals surface area contributed by atoms with Crippen LogP contribution in [0.2, 0.25) is 0 Å². The lowest BCUT2D eigenvalue weighted by atomic mass is 9.90. The Labute approximate surface area is 174 Å². The molecule has 0 spiro atoms. The Bertz CT molecular complexity index is 761. The lowest BCUT2D eigenvalue weighted by Gasteiger charge is -2.36. The quantitative estimate of drug-likeness (QED) is 0.376. The molecule has 1 aliphatic heterocycles. The zero-order valence-corrected chi connectivity index (χ0v) is 17.0. The number of aromatic nitrogens is 2. The fourth-order valence-electron chi connectivity index (χ4n) is 4.56. The van der Waals surface area contributed by atoms with Crippen molar-refractivity contribution in [1.82, 2.24) is 20.2 Å². The Hall–Kier alpha value is -2.62. The predicted molar refractivity (Wildman–Crippen MR) is 105 cm³/mol. The van der Waals surface area contributed by atoms with Gasteiger partial charge in [-0.2, -0.15) is 5.10 Å². The van der Waals surface area contributed by atoms with E-state index in [9.17, 15) is 24.0 Å². The number of carbonyl (C=O) groups is 3. The summed E-state index contributed by atoms with van der Waals surface area (Å²) >= 11 is 0. The fourth-order valence-corrected chi connectivity index (χ4v) is 4.56. The number of nitrogens with one attached hydrogen (secondary N) is 1. The van der Waals surface area contributed by atoms with E-state index in [4.69, 9.17) is 0 Å². The molecule has 3 rings (SSSR count). The van der Waals surface area contributed by atoms with Crippen LogP contribution < -0.4 is 5.32 Å². The molecule has 2 N–H and O–H groups in total. The second kappa shape index (κ2) is 9.46. The SMILES string of the molecule is C[C@@]1(C(=O)Nc2cccnn2)C[C@@H](F)CN1C(=O)[C@H](CC1CCCC1)CN(O)C=O. The Kier molecular flexibility index (Phi) is 6.96. The zero-order valence-electron chi connectivity index (χ0n) is 17.0. The van der Waals surface area contributed by atoms with E-state index in [1.165, 1.54) is 18.0 Å². The molecule has 1 aromatic heterocycles. The number of rotatable bonds is 8. The molecule has 9 nitrogen and oxygen atoms in total. The summed E-state index contributed by atoms with van der Waals surface area (Å²) in [5.74, 6) is -1.17. The van der Waals surface area contributed by atoms with Gasteiger partial charge < -0.3 is 10.2 Å². The van der Waals surface area contributed by atoms with E-state index in [1.807, 2.05) is 0 Å². The molecule has 3 atom stereocenters. The van der Waals surface area contributed by atoms with Gasteiger partial charge in [-0.3, -0.25) is 19.6 Å². The van der Waals surface area contributed by atoms with Gasteiger partial charge in [0.2, 0.25) is 12.3 Å². The van der Waals surface area contributed by atoms with Gasteiger partial charge in [0.25, 0.3) is 5.91 Å². The number of hydroxylamine groups is 2. The van der Waals surface area contributed by atoms with Crippen LogP contribution in [0.5, 0.6) is 0 Å². The fraction of sp³-hybridized carbons (Fsp3) is 0.650. The number of hydrogen-bond donors (Lipinski definition) is 2. The van der Waals surface area contributed by atoms with Crippen LogP contribution in [0, 0.1) is 11.8 Å². The maximum atomic E-state index is 14.4. The minimum atomic E-state index is -1.41. The molecule has 1 aromatic rings. The second-order valence-electron chi connectivity index (χ2n) is 8.40. The van der Waals surface area contributed by atoms with Crippen LogP contribution in [0.25, 0.3) is 0 Å². The summed E-state index contributed by atoms with van der Waals surface area (Å²) in [6, 6.07) is 3.16. The molecule has 1 saturated carbocycles. The number of hydrogen-bond acceptors (Lipinski definition) is 6. The maximum absolute atomic E-state index is 14.4. The topological polar surface area (TPSA) is 116 Å². The van der Waals surface area contributed by atoms with E-state index < -0.39 is 29.4 Å². The van der Waals surface area contributed by atoms with Crippen molar-refractivity contribution in [3.63, 3.8) is 0 Å². The van der Waals surface area contributed by atoms with E-state index in [0.29, 0.717) is 17.4 Å². The minimum absolute atomic E-state index is 0.141. The molecule has 2 heterocycles. The predicted octanol–water partition coefficient (Wildman–Crippen LogP) is 1.79. The number of amides is 3. The van der Waals surface area contributed by atoms with Crippen LogP contribution in [0.15, 0.2) is 18.3 Å². The summed E-state index contributed by atoms with van der Waals surface area (Å²) in [6.45, 7) is 1.13. The van der Waals surface area contributed by atoms with E-state index in [-0.39, 0.29) is 31.7 Å². The molecule has 0 aromatic carbocycles. The van der Waals surface area contributed by atoms with Crippen molar-refractivity contribution in [2.45, 2.75) is 57.2 Å². The number of anilines is 1. The highest BCUT2D eigenvalue weighted by atomic mass is 19.1. The molecule has 2 fully saturated rings. The summed E-state index contributed by atoms with van der Waals surface area (Å²) in [7, 11) is 0. The molecule has 0 unspecified atom stereocenters. The lowest BCUT2D eigenvalue weighted by Crippen LogP contribution is -2.55. The summed E-state index contributed by atoms with van der Waals surface area (Å²) in [5.41, 5.74) is -1.41. The van der Waals surface area contributed by atoms with Gasteiger partial charge in [0.05, 0.1) is 19.0 Å². The smallest absolute Gasteiger partial charge is 0.251 e. The largest absolute Gasteiger partial charge is 0.325 e. The van der Waals surface area contributed by atoms with E-state index >= 15 is 0 Å². The molecule has 30 heavy (non-hydrogen) atoms. The molecule has 3 amide bonds. The Morgan fingerprint density at radius 2 is 2.20 bits per heavy atom. The Morgan fingerprint density at radius 1 is 1.47 bits per heavy atom. The maximum Gasteiger partial charge on any atom is 0.251 e. The van der Waals surface area contributed by atoms with Gasteiger partial charge in [0.15, 0.2) is 5.82 Å². The molecule has 1 aliphatic carbocycles. The summed E-state index contributed by atoms with van der Waals surface area (Å²) in [4.78, 5) is 38.6. The van der Waals surface area contributed by atoms with Crippen LogP contribution >= 0.6 is 0 Å². The molecule has 164 valence electrons. The van der Waals surface area contributed by atoms with Gasteiger partial charge >= 0.3 is 0 Å². The monoisotopic (exact) mass is 421 g/mol. The number of halogens is 1. The first-order chi connectivity index (χ1) is 14.3. The number of likely N-dealkylation sites (tertiary alicyclic amines) is 1. The molecule has 0 radical (unpaired) electrons. The third-order valence-corrected chi connectivity index (χ3v) is 6.14. The first kappa shape index (κ1) is 22.1. The number of alkyl halides is 1. The van der Waals surface area contributed by atoms with Crippen LogP contribution in [-0.4, -0.2) is 68.4 Å². The van der Waals surface area contributed by atoms with Crippen LogP contribution in [-0.2, 0) is 14.4 Å². The van der Waals surface area contributed by atoms with Crippen LogP contribution in [0.4, 0.5) is 10.2 Å². The van der Waals surface area contributed by atoms with Gasteiger partial charge in [0.1, 0.15) is 11.7 Å². The molecule has 2 aliphatic rings. The van der Waals surface area contributed by atoms with Crippen molar-refractivity contribution >= 4 is 24.0 Å². The molecule has 0 bridgehead atoms. The molecular weight excluding hydrogens is 393 g/mol. The first-order valence-corrected chi connectivity index (χ1v) is 10.3. The number of nitrogens with zero attached hydrogens (tertiary/aromatic N) is 4. The Balaban J connectivity index is 1.79. The highest BCUT2D eigenvalue weighted by Gasteiger charge is 2.51. The summed E-state index contributed by atoms with van der Waals surface area (Å²) in [6.07, 6.45) is 4.82. The van der Waals surface area contributed by atoms with Crippen molar-refractivity contribution < 1.29 is 24.0 Å². The van der Waals surface area contributed by atoms with Gasteiger partial charge in [-0.05, 0) is 31.4 Å². The van der Waals surface area contributed by atoms with E-state index in [1.54, 1.807) is 12.1 Å². The van der Waals surface area contributed by atoms with Gasteiger partial charge in [-0.1, -0.05) is 25.7 Å². The van der Waals surface area contributed by atoms with Crippen LogP contribution in [0.1, 0.15) is 45.4 Å². The summed E-state index contributed by atoms with van der Waals surface area (Å²) in [5, 5.41) is 20.3. The van der Waals surface area contributed by atoms with Gasteiger partial charge in [-0.15, -0.1) is 5.10 Å². The lowest BCUT2D eigenvalue weighted by molar-refractivity contribution is -0.159. The van der Waals surface area contributed by atoms with E-state index in [2.05, 4.69) is 15.5 Å². The van der Waals surface area contributed by atoms with Crippen molar-refractivity contribution in [3.8, 4) is 0 Å². The number of carbonyl (C=O) groups excluding carboxylic acids is 3. The van der Waals surface area contributed by atoms with Gasteiger partial charge in [-0.25, -0.2) is 9.45 Å². The summed E-state index contributed by atoms with van der Waals surface area (Å²) < 4.78 is 14.4. The molecule has 1 saturated heterocycles. The Morgan fingerprint density at radius 3 is 2.83 bits per heavy atom. The zero-order chi connectivity index (χ0) is 21.7. The van der Waals surface area contributed by atoms with Crippen molar-refractivity contribution in [2.75, 3.05) is 18.4 Å². The van der Waals surface area contributed by atoms with Crippen molar-refractivity contribution in [3.05, 3.63) is 18.3 Å². The third kappa shape index (κ3) is 4.92. The normalized spacial score (nSPS) is 25.2. The second-order valence-corrected chi connectivity index (χ2v) is 8.40.